The number of sulfonamides is 1. The molecular formula is C16H25ClN4O5S. The highest BCUT2D eigenvalue weighted by atomic mass is 35.5. The Morgan fingerprint density at radius 1 is 1.41 bits per heavy atom. The van der Waals surface area contributed by atoms with Crippen molar-refractivity contribution in [2.75, 3.05) is 19.6 Å². The van der Waals surface area contributed by atoms with Gasteiger partial charge in [-0.3, -0.25) is 14.9 Å². The van der Waals surface area contributed by atoms with Crippen molar-refractivity contribution in [2.45, 2.75) is 43.5 Å². The van der Waals surface area contributed by atoms with Crippen LogP contribution in [-0.4, -0.2) is 49.2 Å². The third kappa shape index (κ3) is 5.61. The van der Waals surface area contributed by atoms with E-state index >= 15 is 0 Å². The maximum absolute atomic E-state index is 13.0. The maximum Gasteiger partial charge on any atom is 0.273 e. The number of hydrogen-bond donors (Lipinski definition) is 2. The smallest absolute Gasteiger partial charge is 0.273 e. The van der Waals surface area contributed by atoms with Crippen molar-refractivity contribution in [3.05, 3.63) is 33.9 Å². The van der Waals surface area contributed by atoms with Crippen LogP contribution in [0.4, 0.5) is 5.69 Å². The molecule has 1 unspecified atom stereocenters. The van der Waals surface area contributed by atoms with E-state index in [1.54, 1.807) is 6.92 Å². The number of piperidine rings is 1. The number of aryl methyl sites for hydroxylation is 1. The summed E-state index contributed by atoms with van der Waals surface area (Å²) in [7, 11) is -3.89. The number of nitrogens with zero attached hydrogens (tertiary/aromatic N) is 2. The first-order valence-corrected chi connectivity index (χ1v) is 9.95. The van der Waals surface area contributed by atoms with Gasteiger partial charge in [-0.2, -0.15) is 4.31 Å². The van der Waals surface area contributed by atoms with Gasteiger partial charge in [0.1, 0.15) is 0 Å². The van der Waals surface area contributed by atoms with Gasteiger partial charge >= 0.3 is 0 Å². The molecule has 11 heteroatoms. The fraction of sp³-hybridized carbons (Fsp3) is 0.562. The standard InChI is InChI=1S/C16H24N4O5S.ClH/c1-12-5-6-14(10-15(12)20(22)23)26(24,25)19-9-3-2-4-13(19)11-18-16(21)7-8-17;/h5-6,10,13H,2-4,7-9,11,17H2,1H3,(H,18,21);1H. The Morgan fingerprint density at radius 3 is 2.74 bits per heavy atom. The van der Waals surface area contributed by atoms with Crippen molar-refractivity contribution in [3.8, 4) is 0 Å². The van der Waals surface area contributed by atoms with Gasteiger partial charge in [0.05, 0.1) is 9.82 Å². The van der Waals surface area contributed by atoms with Crippen molar-refractivity contribution in [2.24, 2.45) is 5.73 Å². The normalized spacial score (nSPS) is 17.8. The second-order valence-corrected chi connectivity index (χ2v) is 8.20. The zero-order valence-electron chi connectivity index (χ0n) is 15.1. The molecule has 152 valence electrons. The van der Waals surface area contributed by atoms with E-state index in [0.29, 0.717) is 24.9 Å². The van der Waals surface area contributed by atoms with Gasteiger partial charge in [-0.05, 0) is 25.8 Å². The van der Waals surface area contributed by atoms with Crippen LogP contribution >= 0.6 is 12.4 Å². The first-order chi connectivity index (χ1) is 12.3. The molecule has 0 bridgehead atoms. The lowest BCUT2D eigenvalue weighted by molar-refractivity contribution is -0.385. The van der Waals surface area contributed by atoms with Gasteiger partial charge in [-0.25, -0.2) is 8.42 Å². The van der Waals surface area contributed by atoms with Gasteiger partial charge in [0.25, 0.3) is 5.69 Å². The van der Waals surface area contributed by atoms with E-state index in [1.807, 2.05) is 0 Å². The minimum Gasteiger partial charge on any atom is -0.354 e. The SMILES string of the molecule is Cc1ccc(S(=O)(=O)N2CCCCC2CNC(=O)CCN)cc1[N+](=O)[O-].Cl. The summed E-state index contributed by atoms with van der Waals surface area (Å²) in [5.74, 6) is -0.221. The Kier molecular flexibility index (Phi) is 8.60. The summed E-state index contributed by atoms with van der Waals surface area (Å²) in [4.78, 5) is 22.1. The van der Waals surface area contributed by atoms with Crippen LogP contribution in [0.15, 0.2) is 23.1 Å². The van der Waals surface area contributed by atoms with E-state index in [2.05, 4.69) is 5.32 Å². The molecule has 1 atom stereocenters. The van der Waals surface area contributed by atoms with Crippen LogP contribution in [0.25, 0.3) is 0 Å². The predicted molar refractivity (Wildman–Crippen MR) is 103 cm³/mol. The molecule has 27 heavy (non-hydrogen) atoms. The van der Waals surface area contributed by atoms with Crippen molar-refractivity contribution in [3.63, 3.8) is 0 Å². The number of amides is 1. The quantitative estimate of drug-likeness (QED) is 0.504. The summed E-state index contributed by atoms with van der Waals surface area (Å²) in [6, 6.07) is 3.54. The summed E-state index contributed by atoms with van der Waals surface area (Å²) >= 11 is 0. The molecule has 2 rings (SSSR count). The van der Waals surface area contributed by atoms with Crippen molar-refractivity contribution in [1.29, 1.82) is 0 Å². The van der Waals surface area contributed by atoms with Crippen LogP contribution in [0.3, 0.4) is 0 Å². The van der Waals surface area contributed by atoms with E-state index in [4.69, 9.17) is 5.73 Å². The minimum absolute atomic E-state index is 0. The highest BCUT2D eigenvalue weighted by Gasteiger charge is 2.34. The Balaban J connectivity index is 0.00000364. The van der Waals surface area contributed by atoms with Gasteiger partial charge < -0.3 is 11.1 Å². The number of nitrogens with two attached hydrogens (primary N) is 1. The van der Waals surface area contributed by atoms with Gasteiger partial charge in [-0.15, -0.1) is 12.4 Å². The minimum atomic E-state index is -3.89. The molecule has 1 amide bonds. The summed E-state index contributed by atoms with van der Waals surface area (Å²) < 4.78 is 27.4. The number of carbonyl (C=O) groups excluding carboxylic acids is 1. The number of nitro groups is 1. The Labute approximate surface area is 164 Å². The average molecular weight is 421 g/mol. The molecule has 1 aliphatic rings. The second-order valence-electron chi connectivity index (χ2n) is 6.31. The highest BCUT2D eigenvalue weighted by Crippen LogP contribution is 2.28. The average Bonchev–Trinajstić information content (AvgIpc) is 2.60. The third-order valence-corrected chi connectivity index (χ3v) is 6.41. The molecule has 1 aromatic rings. The lowest BCUT2D eigenvalue weighted by atomic mass is 10.1. The van der Waals surface area contributed by atoms with Gasteiger partial charge in [-0.1, -0.05) is 12.5 Å². The molecule has 1 aliphatic heterocycles. The molecular weight excluding hydrogens is 396 g/mol. The molecule has 0 aliphatic carbocycles. The topological polar surface area (TPSA) is 136 Å². The molecule has 1 fully saturated rings. The number of hydrogen-bond acceptors (Lipinski definition) is 6. The summed E-state index contributed by atoms with van der Waals surface area (Å²) in [5.41, 5.74) is 5.51. The van der Waals surface area contributed by atoms with E-state index in [9.17, 15) is 23.3 Å². The van der Waals surface area contributed by atoms with Crippen LogP contribution in [0, 0.1) is 17.0 Å². The molecule has 3 N–H and O–H groups in total. The number of nitro benzene ring substituents is 1. The fourth-order valence-electron chi connectivity index (χ4n) is 3.03. The summed E-state index contributed by atoms with van der Waals surface area (Å²) in [6.45, 7) is 2.31. The van der Waals surface area contributed by atoms with Crippen molar-refractivity contribution >= 4 is 34.0 Å². The lowest BCUT2D eigenvalue weighted by Gasteiger charge is -2.34. The molecule has 1 heterocycles. The van der Waals surface area contributed by atoms with Gasteiger partial charge in [0.15, 0.2) is 0 Å². The third-order valence-electron chi connectivity index (χ3n) is 4.46. The largest absolute Gasteiger partial charge is 0.354 e. The highest BCUT2D eigenvalue weighted by molar-refractivity contribution is 7.89. The van der Waals surface area contributed by atoms with E-state index in [1.165, 1.54) is 16.4 Å². The van der Waals surface area contributed by atoms with Crippen molar-refractivity contribution < 1.29 is 18.1 Å². The molecule has 1 aromatic carbocycles. The molecule has 0 aromatic heterocycles. The van der Waals surface area contributed by atoms with Gasteiger partial charge in [0.2, 0.25) is 15.9 Å². The molecule has 0 radical (unpaired) electrons. The van der Waals surface area contributed by atoms with E-state index in [-0.39, 0.29) is 54.4 Å². The molecule has 0 spiro atoms. The Morgan fingerprint density at radius 2 is 2.11 bits per heavy atom. The van der Waals surface area contributed by atoms with Crippen LogP contribution < -0.4 is 11.1 Å². The number of halogens is 1. The molecule has 1 saturated heterocycles. The zero-order chi connectivity index (χ0) is 19.3. The lowest BCUT2D eigenvalue weighted by Crippen LogP contribution is -2.49. The number of rotatable bonds is 7. The van der Waals surface area contributed by atoms with Crippen LogP contribution in [0.2, 0.25) is 0 Å². The Bertz CT molecular complexity index is 787. The maximum atomic E-state index is 13.0. The zero-order valence-corrected chi connectivity index (χ0v) is 16.7. The fourth-order valence-corrected chi connectivity index (χ4v) is 4.74. The van der Waals surface area contributed by atoms with E-state index in [0.717, 1.165) is 12.5 Å². The molecule has 0 saturated carbocycles. The number of nitrogens with one attached hydrogen (secondary N) is 1. The number of carbonyl (C=O) groups is 1. The van der Waals surface area contributed by atoms with Crippen LogP contribution in [0.1, 0.15) is 31.2 Å². The first kappa shape index (κ1) is 23.3. The summed E-state index contributed by atoms with van der Waals surface area (Å²) in [6.07, 6.45) is 2.37. The summed E-state index contributed by atoms with van der Waals surface area (Å²) in [5, 5.41) is 13.8. The second kappa shape index (κ2) is 9.98. The molecule has 9 nitrogen and oxygen atoms in total. The van der Waals surface area contributed by atoms with Crippen molar-refractivity contribution in [1.82, 2.24) is 9.62 Å². The predicted octanol–water partition coefficient (Wildman–Crippen LogP) is 1.33. The Hall–Kier alpha value is -1.75. The van der Waals surface area contributed by atoms with Gasteiger partial charge in [0, 0.05) is 43.7 Å². The monoisotopic (exact) mass is 420 g/mol. The van der Waals surface area contributed by atoms with E-state index < -0.39 is 14.9 Å². The van der Waals surface area contributed by atoms with Crippen LogP contribution in [0.5, 0.6) is 0 Å². The van der Waals surface area contributed by atoms with Crippen LogP contribution in [-0.2, 0) is 14.8 Å². The first-order valence-electron chi connectivity index (χ1n) is 8.51. The number of benzene rings is 1.